The number of halogens is 1. The number of hydrogen-bond donors (Lipinski definition) is 0. The Labute approximate surface area is 144 Å². The van der Waals surface area contributed by atoms with E-state index in [2.05, 4.69) is 10.2 Å². The maximum absolute atomic E-state index is 13.1. The molecule has 24 heavy (non-hydrogen) atoms. The lowest BCUT2D eigenvalue weighted by Gasteiger charge is -2.30. The van der Waals surface area contributed by atoms with Gasteiger partial charge in [-0.25, -0.2) is 0 Å². The van der Waals surface area contributed by atoms with Crippen molar-refractivity contribution in [3.63, 3.8) is 0 Å². The van der Waals surface area contributed by atoms with Gasteiger partial charge in [-0.3, -0.25) is 4.79 Å². The molecule has 1 spiro atoms. The lowest BCUT2D eigenvalue weighted by atomic mass is 9.87. The van der Waals surface area contributed by atoms with E-state index in [0.717, 1.165) is 43.1 Å². The van der Waals surface area contributed by atoms with Crippen molar-refractivity contribution in [2.75, 3.05) is 13.2 Å². The van der Waals surface area contributed by atoms with Crippen molar-refractivity contribution >= 4 is 17.5 Å². The standard InChI is InChI=1S/C17H17ClN4O2/c18-11-1-2-14-12(7-11)17(3-6-24-14)8-13(17)16(23)21-4-5-22-10-19-20-15(22)9-21/h1-2,7,10,13H,3-6,8-9H2/t13-,17-/m0/s1. The number of aromatic nitrogens is 3. The minimum Gasteiger partial charge on any atom is -0.493 e. The zero-order valence-corrected chi connectivity index (χ0v) is 13.9. The monoisotopic (exact) mass is 344 g/mol. The van der Waals surface area contributed by atoms with Gasteiger partial charge in [0.2, 0.25) is 5.91 Å². The molecule has 1 aromatic carbocycles. The molecule has 0 unspecified atom stereocenters. The summed E-state index contributed by atoms with van der Waals surface area (Å²) in [6.07, 6.45) is 3.49. The van der Waals surface area contributed by atoms with Gasteiger partial charge < -0.3 is 14.2 Å². The molecule has 2 aliphatic heterocycles. The second kappa shape index (κ2) is 4.96. The van der Waals surface area contributed by atoms with Gasteiger partial charge in [0.25, 0.3) is 0 Å². The Balaban J connectivity index is 1.41. The van der Waals surface area contributed by atoms with Gasteiger partial charge in [-0.15, -0.1) is 10.2 Å². The number of rotatable bonds is 1. The Kier molecular flexibility index (Phi) is 2.95. The summed E-state index contributed by atoms with van der Waals surface area (Å²) in [6.45, 7) is 2.69. The van der Waals surface area contributed by atoms with Gasteiger partial charge in [0.05, 0.1) is 13.2 Å². The van der Waals surface area contributed by atoms with Gasteiger partial charge in [-0.1, -0.05) is 11.6 Å². The Hall–Kier alpha value is -2.08. The molecule has 0 bridgehead atoms. The highest BCUT2D eigenvalue weighted by atomic mass is 35.5. The highest BCUT2D eigenvalue weighted by molar-refractivity contribution is 6.30. The molecule has 1 fully saturated rings. The minimum absolute atomic E-state index is 0.0214. The summed E-state index contributed by atoms with van der Waals surface area (Å²) in [7, 11) is 0. The van der Waals surface area contributed by atoms with Crippen LogP contribution in [-0.2, 0) is 23.3 Å². The SMILES string of the molecule is O=C([C@@H]1C[C@]12CCOc1ccc(Cl)cc12)N1CCn2cnnc2C1. The third-order valence-corrected chi connectivity index (χ3v) is 5.84. The van der Waals surface area contributed by atoms with E-state index in [-0.39, 0.29) is 17.2 Å². The van der Waals surface area contributed by atoms with Gasteiger partial charge in [0, 0.05) is 35.0 Å². The zero-order valence-electron chi connectivity index (χ0n) is 13.1. The number of carbonyl (C=O) groups excluding carboxylic acids is 1. The number of benzene rings is 1. The quantitative estimate of drug-likeness (QED) is 0.794. The van der Waals surface area contributed by atoms with Gasteiger partial charge in [0.15, 0.2) is 5.82 Å². The molecule has 6 nitrogen and oxygen atoms in total. The number of amides is 1. The molecule has 1 aromatic heterocycles. The van der Waals surface area contributed by atoms with E-state index in [9.17, 15) is 4.79 Å². The van der Waals surface area contributed by atoms with Gasteiger partial charge in [0.1, 0.15) is 12.1 Å². The fourth-order valence-electron chi connectivity index (χ4n) is 4.17. The normalized spacial score (nSPS) is 27.4. The van der Waals surface area contributed by atoms with Crippen LogP contribution in [0.1, 0.15) is 24.2 Å². The fraction of sp³-hybridized carbons (Fsp3) is 0.471. The topological polar surface area (TPSA) is 60.2 Å². The van der Waals surface area contributed by atoms with E-state index in [4.69, 9.17) is 16.3 Å². The maximum atomic E-state index is 13.1. The summed E-state index contributed by atoms with van der Waals surface area (Å²) in [5, 5.41) is 8.72. The van der Waals surface area contributed by atoms with E-state index in [1.165, 1.54) is 0 Å². The van der Waals surface area contributed by atoms with Crippen LogP contribution in [0.25, 0.3) is 0 Å². The summed E-state index contributed by atoms with van der Waals surface area (Å²) in [6, 6.07) is 5.73. The first-order chi connectivity index (χ1) is 11.7. The van der Waals surface area contributed by atoms with Gasteiger partial charge in [-0.2, -0.15) is 0 Å². The van der Waals surface area contributed by atoms with Gasteiger partial charge in [-0.05, 0) is 31.0 Å². The van der Waals surface area contributed by atoms with Crippen molar-refractivity contribution in [2.45, 2.75) is 31.3 Å². The minimum atomic E-state index is -0.0965. The average Bonchev–Trinajstić information content (AvgIpc) is 3.11. The Morgan fingerprint density at radius 1 is 1.38 bits per heavy atom. The second-order valence-electron chi connectivity index (χ2n) is 6.85. The molecule has 1 aliphatic carbocycles. The third-order valence-electron chi connectivity index (χ3n) is 5.61. The predicted molar refractivity (Wildman–Crippen MR) is 86.8 cm³/mol. The summed E-state index contributed by atoms with van der Waals surface area (Å²) in [5.74, 6) is 1.98. The second-order valence-corrected chi connectivity index (χ2v) is 7.29. The number of carbonyl (C=O) groups is 1. The first-order valence-electron chi connectivity index (χ1n) is 8.26. The lowest BCUT2D eigenvalue weighted by molar-refractivity contribution is -0.134. The first-order valence-corrected chi connectivity index (χ1v) is 8.63. The van der Waals surface area contributed by atoms with Crippen LogP contribution in [0.5, 0.6) is 5.75 Å². The fourth-order valence-corrected chi connectivity index (χ4v) is 4.34. The van der Waals surface area contributed by atoms with Crippen LogP contribution < -0.4 is 4.74 Å². The van der Waals surface area contributed by atoms with Crippen LogP contribution in [0.2, 0.25) is 5.02 Å². The molecule has 5 rings (SSSR count). The zero-order chi connectivity index (χ0) is 16.3. The molecule has 1 saturated carbocycles. The Morgan fingerprint density at radius 2 is 2.29 bits per heavy atom. The summed E-state index contributed by atoms with van der Waals surface area (Å²) in [4.78, 5) is 15.0. The Bertz CT molecular complexity index is 836. The molecule has 1 amide bonds. The van der Waals surface area contributed by atoms with Crippen LogP contribution in [-0.4, -0.2) is 38.7 Å². The Morgan fingerprint density at radius 3 is 3.21 bits per heavy atom. The molecule has 0 N–H and O–H groups in total. The van der Waals surface area contributed by atoms with Crippen molar-refractivity contribution in [1.82, 2.24) is 19.7 Å². The molecule has 2 aromatic rings. The number of hydrogen-bond acceptors (Lipinski definition) is 4. The van der Waals surface area contributed by atoms with Crippen LogP contribution in [0.4, 0.5) is 0 Å². The van der Waals surface area contributed by atoms with Crippen LogP contribution in [0.3, 0.4) is 0 Å². The molecule has 124 valence electrons. The summed E-state index contributed by atoms with van der Waals surface area (Å²) >= 11 is 6.18. The van der Waals surface area contributed by atoms with E-state index >= 15 is 0 Å². The lowest BCUT2D eigenvalue weighted by Crippen LogP contribution is -2.40. The number of ether oxygens (including phenoxy) is 1. The molecule has 0 radical (unpaired) electrons. The maximum Gasteiger partial charge on any atom is 0.227 e. The van der Waals surface area contributed by atoms with E-state index in [1.807, 2.05) is 27.7 Å². The van der Waals surface area contributed by atoms with E-state index in [1.54, 1.807) is 6.33 Å². The largest absolute Gasteiger partial charge is 0.493 e. The van der Waals surface area contributed by atoms with Crippen molar-refractivity contribution in [2.24, 2.45) is 5.92 Å². The molecule has 0 saturated heterocycles. The molecule has 7 heteroatoms. The molecule has 2 atom stereocenters. The van der Waals surface area contributed by atoms with E-state index in [0.29, 0.717) is 18.2 Å². The van der Waals surface area contributed by atoms with Crippen molar-refractivity contribution in [3.05, 3.63) is 40.9 Å². The van der Waals surface area contributed by atoms with Crippen molar-refractivity contribution < 1.29 is 9.53 Å². The highest BCUT2D eigenvalue weighted by Crippen LogP contribution is 2.61. The molecular formula is C17H17ClN4O2. The number of fused-ring (bicyclic) bond motifs is 3. The number of nitrogens with zero attached hydrogens (tertiary/aromatic N) is 4. The molecular weight excluding hydrogens is 328 g/mol. The highest BCUT2D eigenvalue weighted by Gasteiger charge is 2.62. The average molecular weight is 345 g/mol. The molecule has 3 heterocycles. The molecule has 3 aliphatic rings. The van der Waals surface area contributed by atoms with Gasteiger partial charge >= 0.3 is 0 Å². The summed E-state index contributed by atoms with van der Waals surface area (Å²) in [5.41, 5.74) is 1.00. The summed E-state index contributed by atoms with van der Waals surface area (Å²) < 4.78 is 7.77. The van der Waals surface area contributed by atoms with Crippen LogP contribution in [0.15, 0.2) is 24.5 Å². The van der Waals surface area contributed by atoms with Crippen LogP contribution in [0, 0.1) is 5.92 Å². The third kappa shape index (κ3) is 1.99. The first kappa shape index (κ1) is 14.3. The van der Waals surface area contributed by atoms with Crippen molar-refractivity contribution in [3.8, 4) is 5.75 Å². The van der Waals surface area contributed by atoms with Crippen LogP contribution >= 0.6 is 11.6 Å². The van der Waals surface area contributed by atoms with Crippen molar-refractivity contribution in [1.29, 1.82) is 0 Å². The smallest absolute Gasteiger partial charge is 0.227 e. The predicted octanol–water partition coefficient (Wildman–Crippen LogP) is 2.01. The van der Waals surface area contributed by atoms with E-state index < -0.39 is 0 Å².